The molecule has 2 aromatic carbocycles. The summed E-state index contributed by atoms with van der Waals surface area (Å²) in [6.45, 7) is 1.91. The van der Waals surface area contributed by atoms with Crippen LogP contribution in [0.4, 0.5) is 5.69 Å². The minimum atomic E-state index is -0.140. The van der Waals surface area contributed by atoms with Gasteiger partial charge in [0.25, 0.3) is 0 Å². The van der Waals surface area contributed by atoms with Gasteiger partial charge in [0.15, 0.2) is 11.5 Å². The number of rotatable bonds is 5. The van der Waals surface area contributed by atoms with Crippen molar-refractivity contribution in [1.29, 1.82) is 0 Å². The fraction of sp³-hybridized carbons (Fsp3) is 0.100. The summed E-state index contributed by atoms with van der Waals surface area (Å²) in [5.41, 5.74) is 3.10. The average molecular weight is 444 g/mol. The number of aromatic nitrogens is 4. The molecule has 0 saturated carbocycles. The fourth-order valence-corrected chi connectivity index (χ4v) is 3.60. The van der Waals surface area contributed by atoms with Gasteiger partial charge in [0, 0.05) is 21.3 Å². The SMILES string of the molecule is Cc1ccc(NC(=O)CSc2ccc3nnc(-c4ccc(Cl)cc4)n3n2)cc1Cl. The largest absolute Gasteiger partial charge is 0.325 e. The lowest BCUT2D eigenvalue weighted by Gasteiger charge is -2.07. The zero-order valence-corrected chi connectivity index (χ0v) is 17.6. The molecule has 29 heavy (non-hydrogen) atoms. The first-order valence-electron chi connectivity index (χ1n) is 8.67. The Labute approximate surface area is 181 Å². The highest BCUT2D eigenvalue weighted by Crippen LogP contribution is 2.23. The van der Waals surface area contributed by atoms with Gasteiger partial charge in [-0.05, 0) is 61.0 Å². The third-order valence-corrected chi connectivity index (χ3v) is 5.73. The maximum absolute atomic E-state index is 12.3. The van der Waals surface area contributed by atoms with E-state index < -0.39 is 0 Å². The van der Waals surface area contributed by atoms with Crippen molar-refractivity contribution in [2.24, 2.45) is 0 Å². The molecule has 1 N–H and O–H groups in total. The van der Waals surface area contributed by atoms with Crippen LogP contribution in [0.2, 0.25) is 10.0 Å². The van der Waals surface area contributed by atoms with E-state index in [1.807, 2.05) is 43.3 Å². The molecule has 0 spiro atoms. The van der Waals surface area contributed by atoms with E-state index in [1.165, 1.54) is 11.8 Å². The van der Waals surface area contributed by atoms with Gasteiger partial charge in [-0.1, -0.05) is 41.0 Å². The zero-order chi connectivity index (χ0) is 20.4. The lowest BCUT2D eigenvalue weighted by molar-refractivity contribution is -0.113. The van der Waals surface area contributed by atoms with Crippen LogP contribution >= 0.6 is 35.0 Å². The number of halogens is 2. The molecule has 2 heterocycles. The highest BCUT2D eigenvalue weighted by molar-refractivity contribution is 7.99. The van der Waals surface area contributed by atoms with E-state index in [9.17, 15) is 4.79 Å². The van der Waals surface area contributed by atoms with Crippen LogP contribution in [0.3, 0.4) is 0 Å². The van der Waals surface area contributed by atoms with Gasteiger partial charge in [-0.15, -0.1) is 10.2 Å². The van der Waals surface area contributed by atoms with Gasteiger partial charge in [-0.2, -0.15) is 9.61 Å². The molecule has 1 amide bonds. The Morgan fingerprint density at radius 2 is 1.86 bits per heavy atom. The molecule has 0 bridgehead atoms. The first-order chi connectivity index (χ1) is 14.0. The fourth-order valence-electron chi connectivity index (χ4n) is 2.64. The molecule has 9 heteroatoms. The molecule has 6 nitrogen and oxygen atoms in total. The number of nitrogens with zero attached hydrogens (tertiary/aromatic N) is 4. The maximum atomic E-state index is 12.3. The number of benzene rings is 2. The quantitative estimate of drug-likeness (QED) is 0.432. The number of fused-ring (bicyclic) bond motifs is 1. The van der Waals surface area contributed by atoms with E-state index in [0.717, 1.165) is 11.1 Å². The first kappa shape index (κ1) is 19.7. The molecule has 0 fully saturated rings. The Hall–Kier alpha value is -2.61. The number of amides is 1. The molecular weight excluding hydrogens is 429 g/mol. The molecule has 0 unspecified atom stereocenters. The highest BCUT2D eigenvalue weighted by atomic mass is 35.5. The van der Waals surface area contributed by atoms with Crippen LogP contribution < -0.4 is 5.32 Å². The summed E-state index contributed by atoms with van der Waals surface area (Å²) in [6.07, 6.45) is 0. The van der Waals surface area contributed by atoms with Crippen molar-refractivity contribution in [3.8, 4) is 11.4 Å². The van der Waals surface area contributed by atoms with Gasteiger partial charge in [0.2, 0.25) is 5.91 Å². The standard InChI is InChI=1S/C20H15Cl2N5OS/c1-12-2-7-15(10-16(12)22)23-18(28)11-29-19-9-8-17-24-25-20(27(17)26-19)13-3-5-14(21)6-4-13/h2-10H,11H2,1H3,(H,23,28). The summed E-state index contributed by atoms with van der Waals surface area (Å²) in [7, 11) is 0. The van der Waals surface area contributed by atoms with E-state index in [1.54, 1.807) is 22.7 Å². The van der Waals surface area contributed by atoms with Crippen molar-refractivity contribution in [2.45, 2.75) is 11.9 Å². The topological polar surface area (TPSA) is 72.2 Å². The Morgan fingerprint density at radius 1 is 1.07 bits per heavy atom. The number of hydrogen-bond acceptors (Lipinski definition) is 5. The van der Waals surface area contributed by atoms with E-state index in [4.69, 9.17) is 23.2 Å². The number of aryl methyl sites for hydroxylation is 1. The molecule has 0 saturated heterocycles. The molecule has 0 aliphatic rings. The third-order valence-electron chi connectivity index (χ3n) is 4.15. The average Bonchev–Trinajstić information content (AvgIpc) is 3.13. The lowest BCUT2D eigenvalue weighted by atomic mass is 10.2. The third kappa shape index (κ3) is 4.53. The Morgan fingerprint density at radius 3 is 2.62 bits per heavy atom. The molecular formula is C20H15Cl2N5OS. The van der Waals surface area contributed by atoms with Crippen molar-refractivity contribution in [1.82, 2.24) is 19.8 Å². The van der Waals surface area contributed by atoms with Gasteiger partial charge in [-0.3, -0.25) is 4.79 Å². The van der Waals surface area contributed by atoms with Crippen molar-refractivity contribution >= 4 is 52.2 Å². The zero-order valence-electron chi connectivity index (χ0n) is 15.3. The van der Waals surface area contributed by atoms with Gasteiger partial charge in [-0.25, -0.2) is 0 Å². The Kier molecular flexibility index (Phi) is 5.71. The summed E-state index contributed by atoms with van der Waals surface area (Å²) < 4.78 is 1.66. The minimum Gasteiger partial charge on any atom is -0.325 e. The van der Waals surface area contributed by atoms with Crippen LogP contribution in [0, 0.1) is 6.92 Å². The normalized spacial score (nSPS) is 11.0. The maximum Gasteiger partial charge on any atom is 0.234 e. The number of carbonyl (C=O) groups excluding carboxylic acids is 1. The van der Waals surface area contributed by atoms with E-state index in [2.05, 4.69) is 20.6 Å². The van der Waals surface area contributed by atoms with Crippen LogP contribution in [0.1, 0.15) is 5.56 Å². The van der Waals surface area contributed by atoms with Gasteiger partial charge >= 0.3 is 0 Å². The summed E-state index contributed by atoms with van der Waals surface area (Å²) in [5, 5.41) is 17.7. The number of nitrogens with one attached hydrogen (secondary N) is 1. The second-order valence-electron chi connectivity index (χ2n) is 6.27. The van der Waals surface area contributed by atoms with Crippen molar-refractivity contribution < 1.29 is 4.79 Å². The molecule has 146 valence electrons. The smallest absolute Gasteiger partial charge is 0.234 e. The summed E-state index contributed by atoms with van der Waals surface area (Å²) in [4.78, 5) is 12.3. The Bertz CT molecular complexity index is 1190. The molecule has 0 atom stereocenters. The van der Waals surface area contributed by atoms with Crippen molar-refractivity contribution in [3.05, 3.63) is 70.2 Å². The lowest BCUT2D eigenvalue weighted by Crippen LogP contribution is -2.14. The van der Waals surface area contributed by atoms with Crippen LogP contribution in [0.5, 0.6) is 0 Å². The number of carbonyl (C=O) groups is 1. The number of thioether (sulfide) groups is 1. The van der Waals surface area contributed by atoms with E-state index in [0.29, 0.717) is 32.2 Å². The predicted octanol–water partition coefficient (Wildman–Crippen LogP) is 5.14. The summed E-state index contributed by atoms with van der Waals surface area (Å²) >= 11 is 13.4. The van der Waals surface area contributed by atoms with E-state index in [-0.39, 0.29) is 11.7 Å². The van der Waals surface area contributed by atoms with Gasteiger partial charge in [0.1, 0.15) is 5.03 Å². The summed E-state index contributed by atoms with van der Waals surface area (Å²) in [5.74, 6) is 0.680. The molecule has 4 rings (SSSR count). The summed E-state index contributed by atoms with van der Waals surface area (Å²) in [6, 6.07) is 16.4. The molecule has 4 aromatic rings. The number of hydrogen-bond donors (Lipinski definition) is 1. The van der Waals surface area contributed by atoms with Crippen molar-refractivity contribution in [2.75, 3.05) is 11.1 Å². The molecule has 0 aliphatic heterocycles. The first-order valence-corrected chi connectivity index (χ1v) is 10.4. The van der Waals surface area contributed by atoms with Gasteiger partial charge in [0.05, 0.1) is 5.75 Å². The van der Waals surface area contributed by atoms with E-state index >= 15 is 0 Å². The minimum absolute atomic E-state index is 0.140. The predicted molar refractivity (Wildman–Crippen MR) is 117 cm³/mol. The second kappa shape index (κ2) is 8.41. The molecule has 0 aliphatic carbocycles. The second-order valence-corrected chi connectivity index (χ2v) is 8.11. The number of anilines is 1. The Balaban J connectivity index is 1.48. The van der Waals surface area contributed by atoms with Crippen LogP contribution in [0.15, 0.2) is 59.6 Å². The van der Waals surface area contributed by atoms with Gasteiger partial charge < -0.3 is 5.32 Å². The van der Waals surface area contributed by atoms with Crippen LogP contribution in [0.25, 0.3) is 17.0 Å². The molecule has 0 radical (unpaired) electrons. The van der Waals surface area contributed by atoms with Crippen molar-refractivity contribution in [3.63, 3.8) is 0 Å². The van der Waals surface area contributed by atoms with Crippen LogP contribution in [-0.2, 0) is 4.79 Å². The molecule has 2 aromatic heterocycles. The highest BCUT2D eigenvalue weighted by Gasteiger charge is 2.11. The monoisotopic (exact) mass is 443 g/mol. The van der Waals surface area contributed by atoms with Crippen LogP contribution in [-0.4, -0.2) is 31.5 Å².